The number of hydrogen-bond acceptors (Lipinski definition) is 6. The summed E-state index contributed by atoms with van der Waals surface area (Å²) in [4.78, 5) is 11.4. The summed E-state index contributed by atoms with van der Waals surface area (Å²) in [6, 6.07) is 8.78. The molecule has 0 radical (unpaired) electrons. The molecule has 7 nitrogen and oxygen atoms in total. The molecule has 1 amide bonds. The number of benzene rings is 1. The fraction of sp³-hybridized carbons (Fsp3) is 0.562. The number of nitrogens with one attached hydrogen (secondary N) is 1. The molecule has 126 valence electrons. The van der Waals surface area contributed by atoms with Crippen molar-refractivity contribution >= 4 is 5.91 Å². The van der Waals surface area contributed by atoms with Crippen LogP contribution < -0.4 is 5.32 Å². The van der Waals surface area contributed by atoms with Crippen molar-refractivity contribution in [1.29, 1.82) is 0 Å². The van der Waals surface area contributed by atoms with E-state index >= 15 is 0 Å². The predicted molar refractivity (Wildman–Crippen MR) is 79.3 cm³/mol. The summed E-state index contributed by atoms with van der Waals surface area (Å²) in [6.07, 6.45) is -3.36. The number of methoxy groups -OCH3 is 1. The Morgan fingerprint density at radius 1 is 1.30 bits per heavy atom. The summed E-state index contributed by atoms with van der Waals surface area (Å²) in [7, 11) is 1.46. The molecule has 3 rings (SSSR count). The predicted octanol–water partition coefficient (Wildman–Crippen LogP) is 0.337. The Labute approximate surface area is 134 Å². The van der Waals surface area contributed by atoms with Crippen LogP contribution in [0.2, 0.25) is 0 Å². The van der Waals surface area contributed by atoms with Gasteiger partial charge in [0.25, 0.3) is 0 Å². The van der Waals surface area contributed by atoms with Crippen LogP contribution in [0.25, 0.3) is 0 Å². The first-order chi connectivity index (χ1) is 11.1. The zero-order chi connectivity index (χ0) is 16.4. The molecule has 2 N–H and O–H groups in total. The van der Waals surface area contributed by atoms with E-state index in [4.69, 9.17) is 18.9 Å². The molecule has 0 aromatic heterocycles. The summed E-state index contributed by atoms with van der Waals surface area (Å²) >= 11 is 0. The first-order valence-corrected chi connectivity index (χ1v) is 7.55. The molecule has 0 saturated carbocycles. The largest absolute Gasteiger partial charge is 0.388 e. The average molecular weight is 323 g/mol. The third-order valence-corrected chi connectivity index (χ3v) is 4.04. The van der Waals surface area contributed by atoms with E-state index in [2.05, 4.69) is 5.32 Å². The third-order valence-electron chi connectivity index (χ3n) is 4.04. The number of amides is 1. The number of fused-ring (bicyclic) bond motifs is 1. The van der Waals surface area contributed by atoms with Gasteiger partial charge < -0.3 is 29.4 Å². The maximum Gasteiger partial charge on any atom is 0.217 e. The van der Waals surface area contributed by atoms with E-state index < -0.39 is 36.9 Å². The molecule has 0 bridgehead atoms. The smallest absolute Gasteiger partial charge is 0.217 e. The van der Waals surface area contributed by atoms with E-state index in [1.165, 1.54) is 14.0 Å². The molecule has 1 aromatic carbocycles. The molecule has 2 fully saturated rings. The minimum atomic E-state index is -0.960. The van der Waals surface area contributed by atoms with Crippen LogP contribution in [0.3, 0.4) is 0 Å². The van der Waals surface area contributed by atoms with E-state index in [-0.39, 0.29) is 12.5 Å². The monoisotopic (exact) mass is 323 g/mol. The Bertz CT molecular complexity index is 539. The first kappa shape index (κ1) is 16.4. The van der Waals surface area contributed by atoms with Gasteiger partial charge in [-0.25, -0.2) is 0 Å². The normalized spacial score (nSPS) is 37.0. The van der Waals surface area contributed by atoms with Crippen LogP contribution in [0.4, 0.5) is 0 Å². The van der Waals surface area contributed by atoms with Gasteiger partial charge in [-0.2, -0.15) is 0 Å². The highest BCUT2D eigenvalue weighted by molar-refractivity contribution is 5.73. The van der Waals surface area contributed by atoms with Crippen LogP contribution >= 0.6 is 0 Å². The molecule has 2 heterocycles. The lowest BCUT2D eigenvalue weighted by atomic mass is 9.95. The number of hydrogen-bond donors (Lipinski definition) is 2. The SMILES string of the molecule is CO[C@@H]1O[C@@H]2CO[C@H](c3ccccc3)O[C@H]2[C@H](O)[C@H]1NC(C)=O. The van der Waals surface area contributed by atoms with Gasteiger partial charge in [0.2, 0.25) is 5.91 Å². The summed E-state index contributed by atoms with van der Waals surface area (Å²) < 4.78 is 22.6. The fourth-order valence-electron chi connectivity index (χ4n) is 2.96. The quantitative estimate of drug-likeness (QED) is 0.834. The Balaban J connectivity index is 1.76. The Morgan fingerprint density at radius 2 is 2.04 bits per heavy atom. The van der Waals surface area contributed by atoms with Crippen LogP contribution in [-0.2, 0) is 23.7 Å². The molecule has 0 aliphatic carbocycles. The summed E-state index contributed by atoms with van der Waals surface area (Å²) in [5, 5.41) is 13.3. The average Bonchev–Trinajstić information content (AvgIpc) is 2.57. The van der Waals surface area contributed by atoms with E-state index in [0.717, 1.165) is 5.56 Å². The van der Waals surface area contributed by atoms with Gasteiger partial charge in [-0.3, -0.25) is 4.79 Å². The lowest BCUT2D eigenvalue weighted by Crippen LogP contribution is -2.66. The van der Waals surface area contributed by atoms with Crippen LogP contribution in [0.1, 0.15) is 18.8 Å². The molecule has 23 heavy (non-hydrogen) atoms. The molecular weight excluding hydrogens is 302 g/mol. The van der Waals surface area contributed by atoms with Crippen molar-refractivity contribution in [2.24, 2.45) is 0 Å². The van der Waals surface area contributed by atoms with E-state index in [9.17, 15) is 9.90 Å². The molecule has 0 spiro atoms. The standard InChI is InChI=1S/C16H21NO6/c1-9(18)17-12-13(19)14-11(22-16(12)20-2)8-21-15(23-14)10-6-4-3-5-7-10/h3-7,11-16,19H,8H2,1-2H3,(H,17,18)/t11-,12-,13-,14-,15+,16-/m1/s1. The molecule has 2 aliphatic heterocycles. The van der Waals surface area contributed by atoms with Crippen molar-refractivity contribution in [3.05, 3.63) is 35.9 Å². The molecule has 2 aliphatic rings. The second kappa shape index (κ2) is 6.94. The molecular formula is C16H21NO6. The molecule has 1 aromatic rings. The van der Waals surface area contributed by atoms with Crippen molar-refractivity contribution in [1.82, 2.24) is 5.32 Å². The van der Waals surface area contributed by atoms with Gasteiger partial charge in [-0.15, -0.1) is 0 Å². The lowest BCUT2D eigenvalue weighted by molar-refractivity contribution is -0.341. The fourth-order valence-corrected chi connectivity index (χ4v) is 2.96. The van der Waals surface area contributed by atoms with E-state index in [0.29, 0.717) is 0 Å². The first-order valence-electron chi connectivity index (χ1n) is 7.55. The number of ether oxygens (including phenoxy) is 4. The second-order valence-electron chi connectivity index (χ2n) is 5.67. The number of aliphatic hydroxyl groups is 1. The lowest BCUT2D eigenvalue weighted by Gasteiger charge is -2.47. The van der Waals surface area contributed by atoms with Crippen molar-refractivity contribution in [2.45, 2.75) is 43.9 Å². The molecule has 2 saturated heterocycles. The maximum absolute atomic E-state index is 11.4. The number of rotatable bonds is 3. The second-order valence-corrected chi connectivity index (χ2v) is 5.67. The zero-order valence-corrected chi connectivity index (χ0v) is 13.0. The Hall–Kier alpha value is -1.51. The number of carbonyl (C=O) groups is 1. The zero-order valence-electron chi connectivity index (χ0n) is 13.0. The van der Waals surface area contributed by atoms with Crippen molar-refractivity contribution in [2.75, 3.05) is 13.7 Å². The van der Waals surface area contributed by atoms with Crippen molar-refractivity contribution in [3.63, 3.8) is 0 Å². The van der Waals surface area contributed by atoms with Crippen LogP contribution in [0, 0.1) is 0 Å². The highest BCUT2D eigenvalue weighted by atomic mass is 16.7. The van der Waals surface area contributed by atoms with Crippen molar-refractivity contribution in [3.8, 4) is 0 Å². The highest BCUT2D eigenvalue weighted by Crippen LogP contribution is 2.34. The van der Waals surface area contributed by atoms with Crippen LogP contribution in [0.15, 0.2) is 30.3 Å². The number of carbonyl (C=O) groups excluding carboxylic acids is 1. The van der Waals surface area contributed by atoms with Gasteiger partial charge in [-0.05, 0) is 0 Å². The van der Waals surface area contributed by atoms with Crippen LogP contribution in [-0.4, -0.2) is 55.4 Å². The Morgan fingerprint density at radius 3 is 2.70 bits per heavy atom. The minimum Gasteiger partial charge on any atom is -0.388 e. The van der Waals surface area contributed by atoms with Gasteiger partial charge in [0.15, 0.2) is 12.6 Å². The van der Waals surface area contributed by atoms with Gasteiger partial charge in [-0.1, -0.05) is 30.3 Å². The van der Waals surface area contributed by atoms with E-state index in [1.807, 2.05) is 30.3 Å². The maximum atomic E-state index is 11.4. The van der Waals surface area contributed by atoms with Crippen molar-refractivity contribution < 1.29 is 28.8 Å². The highest BCUT2D eigenvalue weighted by Gasteiger charge is 2.49. The Kier molecular flexibility index (Phi) is 4.93. The third kappa shape index (κ3) is 3.39. The molecule has 0 unspecified atom stereocenters. The molecule has 7 heteroatoms. The van der Waals surface area contributed by atoms with Gasteiger partial charge in [0.05, 0.1) is 6.61 Å². The topological polar surface area (TPSA) is 86.2 Å². The van der Waals surface area contributed by atoms with Gasteiger partial charge in [0, 0.05) is 19.6 Å². The van der Waals surface area contributed by atoms with E-state index in [1.54, 1.807) is 0 Å². The summed E-state index contributed by atoms with van der Waals surface area (Å²) in [5.41, 5.74) is 0.864. The van der Waals surface area contributed by atoms with Gasteiger partial charge in [0.1, 0.15) is 24.4 Å². The molecule has 6 atom stereocenters. The van der Waals surface area contributed by atoms with Gasteiger partial charge >= 0.3 is 0 Å². The van der Waals surface area contributed by atoms with Crippen LogP contribution in [0.5, 0.6) is 0 Å². The summed E-state index contributed by atoms with van der Waals surface area (Å²) in [5.74, 6) is -0.273. The number of aliphatic hydroxyl groups excluding tert-OH is 1. The summed E-state index contributed by atoms with van der Waals surface area (Å²) in [6.45, 7) is 1.65. The minimum absolute atomic E-state index is 0.272.